The normalized spacial score (nSPS) is 9.40. The third-order valence-corrected chi connectivity index (χ3v) is 1.50. The van der Waals surface area contributed by atoms with Crippen LogP contribution in [0.15, 0.2) is 22.0 Å². The zero-order valence-electron chi connectivity index (χ0n) is 4.71. The molecule has 10 heavy (non-hydrogen) atoms. The standard InChI is InChI=1S/C5H2BrFN2O/c6-5-4(9-10)1-3(7)2-8-5/h1-2H. The van der Waals surface area contributed by atoms with Gasteiger partial charge in [-0.05, 0) is 21.1 Å². The highest BCUT2D eigenvalue weighted by Crippen LogP contribution is 2.22. The molecule has 0 spiro atoms. The molecule has 0 radical (unpaired) electrons. The van der Waals surface area contributed by atoms with Crippen LogP contribution in [-0.4, -0.2) is 4.98 Å². The van der Waals surface area contributed by atoms with E-state index in [1.807, 2.05) is 0 Å². The van der Waals surface area contributed by atoms with Crippen molar-refractivity contribution >= 4 is 21.6 Å². The van der Waals surface area contributed by atoms with Crippen LogP contribution < -0.4 is 0 Å². The van der Waals surface area contributed by atoms with Gasteiger partial charge in [0.25, 0.3) is 0 Å². The number of nitrogens with zero attached hydrogens (tertiary/aromatic N) is 2. The Balaban J connectivity index is 3.21. The van der Waals surface area contributed by atoms with Crippen molar-refractivity contribution in [2.75, 3.05) is 0 Å². The fourth-order valence-corrected chi connectivity index (χ4v) is 0.765. The Morgan fingerprint density at radius 1 is 1.70 bits per heavy atom. The third-order valence-electron chi connectivity index (χ3n) is 0.886. The quantitative estimate of drug-likeness (QED) is 0.521. The zero-order chi connectivity index (χ0) is 7.56. The number of rotatable bonds is 1. The van der Waals surface area contributed by atoms with E-state index in [0.29, 0.717) is 0 Å². The van der Waals surface area contributed by atoms with Gasteiger partial charge < -0.3 is 0 Å². The monoisotopic (exact) mass is 204 g/mol. The van der Waals surface area contributed by atoms with Crippen molar-refractivity contribution in [2.24, 2.45) is 5.18 Å². The van der Waals surface area contributed by atoms with E-state index in [2.05, 4.69) is 26.1 Å². The van der Waals surface area contributed by atoms with Crippen LogP contribution in [0.3, 0.4) is 0 Å². The molecule has 1 heterocycles. The fourth-order valence-electron chi connectivity index (χ4n) is 0.476. The summed E-state index contributed by atoms with van der Waals surface area (Å²) in [5.74, 6) is -0.571. The molecule has 1 aromatic rings. The minimum atomic E-state index is -0.571. The fraction of sp³-hybridized carbons (Fsp3) is 0. The molecule has 0 aliphatic carbocycles. The smallest absolute Gasteiger partial charge is 0.143 e. The van der Waals surface area contributed by atoms with E-state index in [4.69, 9.17) is 0 Å². The largest absolute Gasteiger partial charge is 0.244 e. The Kier molecular flexibility index (Phi) is 2.06. The van der Waals surface area contributed by atoms with Gasteiger partial charge in [-0.25, -0.2) is 9.37 Å². The third kappa shape index (κ3) is 1.36. The lowest BCUT2D eigenvalue weighted by Gasteiger charge is -1.91. The maximum atomic E-state index is 12.3. The number of hydrogen-bond donors (Lipinski definition) is 0. The summed E-state index contributed by atoms with van der Waals surface area (Å²) < 4.78 is 12.5. The van der Waals surface area contributed by atoms with Crippen LogP contribution in [0.1, 0.15) is 0 Å². The molecule has 0 fully saturated rings. The van der Waals surface area contributed by atoms with Gasteiger partial charge in [-0.2, -0.15) is 0 Å². The van der Waals surface area contributed by atoms with Gasteiger partial charge in [-0.1, -0.05) is 0 Å². The van der Waals surface area contributed by atoms with E-state index in [1.165, 1.54) is 0 Å². The molecular weight excluding hydrogens is 203 g/mol. The molecule has 0 aliphatic heterocycles. The molecule has 0 saturated heterocycles. The number of aromatic nitrogens is 1. The number of halogens is 2. The van der Waals surface area contributed by atoms with Crippen molar-refractivity contribution in [3.63, 3.8) is 0 Å². The van der Waals surface area contributed by atoms with Gasteiger partial charge in [0.05, 0.1) is 6.20 Å². The molecule has 52 valence electrons. The second-order valence-electron chi connectivity index (χ2n) is 1.55. The maximum absolute atomic E-state index is 12.3. The van der Waals surface area contributed by atoms with Crippen LogP contribution in [0.2, 0.25) is 0 Å². The van der Waals surface area contributed by atoms with Crippen molar-refractivity contribution in [1.29, 1.82) is 0 Å². The summed E-state index contributed by atoms with van der Waals surface area (Å²) in [4.78, 5) is 13.4. The highest BCUT2D eigenvalue weighted by molar-refractivity contribution is 9.10. The second kappa shape index (κ2) is 2.83. The van der Waals surface area contributed by atoms with Gasteiger partial charge in [0.2, 0.25) is 0 Å². The first-order valence-electron chi connectivity index (χ1n) is 2.38. The Labute approximate surface area is 64.4 Å². The van der Waals surface area contributed by atoms with E-state index in [1.54, 1.807) is 0 Å². The molecule has 0 aromatic carbocycles. The molecular formula is C5H2BrFN2O. The molecule has 0 N–H and O–H groups in total. The van der Waals surface area contributed by atoms with E-state index in [9.17, 15) is 9.30 Å². The van der Waals surface area contributed by atoms with Crippen molar-refractivity contribution < 1.29 is 4.39 Å². The number of hydrogen-bond acceptors (Lipinski definition) is 3. The van der Waals surface area contributed by atoms with Crippen LogP contribution in [0.4, 0.5) is 10.1 Å². The van der Waals surface area contributed by atoms with Gasteiger partial charge in [0.1, 0.15) is 16.1 Å². The van der Waals surface area contributed by atoms with Crippen molar-refractivity contribution in [3.05, 3.63) is 27.6 Å². The average molecular weight is 205 g/mol. The summed E-state index contributed by atoms with van der Waals surface area (Å²) >= 11 is 2.92. The van der Waals surface area contributed by atoms with Crippen LogP contribution >= 0.6 is 15.9 Å². The van der Waals surface area contributed by atoms with E-state index in [0.717, 1.165) is 12.3 Å². The van der Waals surface area contributed by atoms with Crippen LogP contribution in [-0.2, 0) is 0 Å². The molecule has 0 atom stereocenters. The molecule has 0 saturated carbocycles. The van der Waals surface area contributed by atoms with Crippen molar-refractivity contribution in [3.8, 4) is 0 Å². The molecule has 1 rings (SSSR count). The first-order chi connectivity index (χ1) is 4.74. The van der Waals surface area contributed by atoms with Gasteiger partial charge in [-0.15, -0.1) is 4.91 Å². The lowest BCUT2D eigenvalue weighted by atomic mass is 10.4. The van der Waals surface area contributed by atoms with Crippen LogP contribution in [0.5, 0.6) is 0 Å². The average Bonchev–Trinajstić information content (AvgIpc) is 1.94. The molecule has 0 bridgehead atoms. The Morgan fingerprint density at radius 3 is 2.90 bits per heavy atom. The molecule has 0 amide bonds. The van der Waals surface area contributed by atoms with Gasteiger partial charge in [-0.3, -0.25) is 0 Å². The summed E-state index contributed by atoms with van der Waals surface area (Å²) in [7, 11) is 0. The van der Waals surface area contributed by atoms with E-state index < -0.39 is 5.82 Å². The summed E-state index contributed by atoms with van der Waals surface area (Å²) in [6.45, 7) is 0. The second-order valence-corrected chi connectivity index (χ2v) is 2.31. The van der Waals surface area contributed by atoms with Gasteiger partial charge in [0, 0.05) is 6.07 Å². The molecule has 5 heteroatoms. The van der Waals surface area contributed by atoms with Crippen LogP contribution in [0, 0.1) is 10.7 Å². The van der Waals surface area contributed by atoms with Gasteiger partial charge in [0.15, 0.2) is 0 Å². The minimum absolute atomic E-state index is 0.0278. The SMILES string of the molecule is O=Nc1cc(F)cnc1Br. The van der Waals surface area contributed by atoms with E-state index >= 15 is 0 Å². The summed E-state index contributed by atoms with van der Waals surface area (Å²) in [5.41, 5.74) is -0.0278. The van der Waals surface area contributed by atoms with E-state index in [-0.39, 0.29) is 10.3 Å². The summed E-state index contributed by atoms with van der Waals surface area (Å²) in [5, 5.41) is 2.53. The molecule has 1 aromatic heterocycles. The maximum Gasteiger partial charge on any atom is 0.143 e. The summed E-state index contributed by atoms with van der Waals surface area (Å²) in [6, 6.07) is 1.00. The number of nitroso groups, excluding NO2 is 1. The highest BCUT2D eigenvalue weighted by Gasteiger charge is 2.01. The number of pyridine rings is 1. The van der Waals surface area contributed by atoms with Crippen LogP contribution in [0.25, 0.3) is 0 Å². The predicted octanol–water partition coefficient (Wildman–Crippen LogP) is 2.38. The topological polar surface area (TPSA) is 42.3 Å². The van der Waals surface area contributed by atoms with Crippen molar-refractivity contribution in [1.82, 2.24) is 4.98 Å². The Morgan fingerprint density at radius 2 is 2.40 bits per heavy atom. The highest BCUT2D eigenvalue weighted by atomic mass is 79.9. The molecule has 3 nitrogen and oxygen atoms in total. The zero-order valence-corrected chi connectivity index (χ0v) is 6.30. The Hall–Kier alpha value is -0.840. The van der Waals surface area contributed by atoms with Gasteiger partial charge >= 0.3 is 0 Å². The molecule has 0 aliphatic rings. The predicted molar refractivity (Wildman–Crippen MR) is 37.4 cm³/mol. The molecule has 0 unspecified atom stereocenters. The first-order valence-corrected chi connectivity index (χ1v) is 3.17. The lowest BCUT2D eigenvalue weighted by molar-refractivity contribution is 0.621. The first kappa shape index (κ1) is 7.27. The lowest BCUT2D eigenvalue weighted by Crippen LogP contribution is -1.78. The Bertz CT molecular complexity index is 266. The van der Waals surface area contributed by atoms with Crippen molar-refractivity contribution in [2.45, 2.75) is 0 Å². The summed E-state index contributed by atoms with van der Waals surface area (Å²) in [6.07, 6.45) is 0.999. The minimum Gasteiger partial charge on any atom is -0.244 e.